The van der Waals surface area contributed by atoms with Crippen LogP contribution in [0.15, 0.2) is 53.7 Å². The van der Waals surface area contributed by atoms with Gasteiger partial charge in [-0.15, -0.1) is 0 Å². The van der Waals surface area contributed by atoms with Crippen LogP contribution in [0.2, 0.25) is 0 Å². The summed E-state index contributed by atoms with van der Waals surface area (Å²) in [6.07, 6.45) is 6.98. The van der Waals surface area contributed by atoms with Crippen molar-refractivity contribution >= 4 is 11.4 Å². The maximum absolute atomic E-state index is 4.55. The first-order chi connectivity index (χ1) is 8.85. The molecule has 2 nitrogen and oxygen atoms in total. The van der Waals surface area contributed by atoms with Crippen LogP contribution in [0.5, 0.6) is 0 Å². The number of aliphatic imine (C=N–C) groups is 1. The number of allylic oxidation sites excluding steroid dienone is 2. The largest absolute Gasteiger partial charge is 0.360 e. The molecule has 0 fully saturated rings. The minimum atomic E-state index is 0.901. The fourth-order valence-electron chi connectivity index (χ4n) is 2.20. The molecule has 0 amide bonds. The van der Waals surface area contributed by atoms with Crippen LogP contribution in [0.3, 0.4) is 0 Å². The Kier molecular flexibility index (Phi) is 4.35. The minimum Gasteiger partial charge on any atom is -0.360 e. The lowest BCUT2D eigenvalue weighted by atomic mass is 10.0. The second kappa shape index (κ2) is 6.20. The number of rotatable bonds is 3. The lowest BCUT2D eigenvalue weighted by molar-refractivity contribution is 0.460. The molecule has 0 unspecified atom stereocenters. The highest BCUT2D eigenvalue weighted by atomic mass is 15.2. The van der Waals surface area contributed by atoms with E-state index in [1.165, 1.54) is 11.1 Å². The Labute approximate surface area is 109 Å². The van der Waals surface area contributed by atoms with Gasteiger partial charge in [-0.25, -0.2) is 4.99 Å². The van der Waals surface area contributed by atoms with Crippen molar-refractivity contribution in [2.45, 2.75) is 20.3 Å². The van der Waals surface area contributed by atoms with Gasteiger partial charge in [-0.2, -0.15) is 0 Å². The Morgan fingerprint density at radius 2 is 1.83 bits per heavy atom. The Morgan fingerprint density at radius 1 is 1.11 bits per heavy atom. The van der Waals surface area contributed by atoms with Gasteiger partial charge in [0.05, 0.1) is 0 Å². The summed E-state index contributed by atoms with van der Waals surface area (Å²) in [6, 6.07) is 10.5. The molecule has 0 radical (unpaired) electrons. The molecule has 0 bridgehead atoms. The van der Waals surface area contributed by atoms with Crippen molar-refractivity contribution in [3.8, 4) is 0 Å². The molecular formula is C16H20N2. The third-order valence-corrected chi connectivity index (χ3v) is 3.23. The van der Waals surface area contributed by atoms with Gasteiger partial charge in [-0.05, 0) is 31.1 Å². The number of benzene rings is 1. The van der Waals surface area contributed by atoms with Crippen molar-refractivity contribution in [3.63, 3.8) is 0 Å². The van der Waals surface area contributed by atoms with Gasteiger partial charge in [0.1, 0.15) is 5.84 Å². The lowest BCUT2D eigenvalue weighted by Gasteiger charge is -2.23. The fourth-order valence-corrected chi connectivity index (χ4v) is 2.20. The van der Waals surface area contributed by atoms with Crippen LogP contribution < -0.4 is 0 Å². The molecule has 0 N–H and O–H groups in total. The zero-order chi connectivity index (χ0) is 12.8. The van der Waals surface area contributed by atoms with Crippen LogP contribution >= 0.6 is 0 Å². The highest BCUT2D eigenvalue weighted by Crippen LogP contribution is 2.21. The van der Waals surface area contributed by atoms with Gasteiger partial charge in [0, 0.05) is 25.7 Å². The number of hydrogen-bond donors (Lipinski definition) is 0. The first-order valence-corrected chi connectivity index (χ1v) is 6.58. The van der Waals surface area contributed by atoms with Gasteiger partial charge in [0.2, 0.25) is 0 Å². The fraction of sp³-hybridized carbons (Fsp3) is 0.312. The molecule has 18 heavy (non-hydrogen) atoms. The molecule has 1 aromatic carbocycles. The van der Waals surface area contributed by atoms with Crippen LogP contribution in [-0.2, 0) is 0 Å². The monoisotopic (exact) mass is 240 g/mol. The quantitative estimate of drug-likeness (QED) is 0.786. The molecule has 0 saturated heterocycles. The second-order valence-electron chi connectivity index (χ2n) is 4.29. The van der Waals surface area contributed by atoms with E-state index in [4.69, 9.17) is 0 Å². The maximum Gasteiger partial charge on any atom is 0.108 e. The van der Waals surface area contributed by atoms with E-state index in [0.717, 1.165) is 25.3 Å². The molecular weight excluding hydrogens is 220 g/mol. The van der Waals surface area contributed by atoms with E-state index < -0.39 is 0 Å². The van der Waals surface area contributed by atoms with Gasteiger partial charge in [-0.3, -0.25) is 0 Å². The van der Waals surface area contributed by atoms with Crippen molar-refractivity contribution in [1.82, 2.24) is 4.90 Å². The molecule has 1 heterocycles. The third kappa shape index (κ3) is 2.89. The first-order valence-electron chi connectivity index (χ1n) is 6.58. The van der Waals surface area contributed by atoms with Crippen molar-refractivity contribution in [1.29, 1.82) is 0 Å². The Hall–Kier alpha value is -1.83. The van der Waals surface area contributed by atoms with Crippen LogP contribution in [-0.4, -0.2) is 23.8 Å². The topological polar surface area (TPSA) is 15.6 Å². The van der Waals surface area contributed by atoms with E-state index in [1.807, 2.05) is 12.3 Å². The van der Waals surface area contributed by atoms with E-state index >= 15 is 0 Å². The average molecular weight is 240 g/mol. The molecule has 0 atom stereocenters. The predicted molar refractivity (Wildman–Crippen MR) is 78.5 cm³/mol. The molecule has 1 aliphatic rings. The second-order valence-corrected chi connectivity index (χ2v) is 4.29. The number of amidine groups is 1. The zero-order valence-corrected chi connectivity index (χ0v) is 11.1. The SMILES string of the molecule is CCN(CC)C1=NC=CC=C(c2ccccc2)C1. The van der Waals surface area contributed by atoms with Crippen LogP contribution in [0.25, 0.3) is 5.57 Å². The summed E-state index contributed by atoms with van der Waals surface area (Å²) in [6.45, 7) is 6.36. The number of hydrogen-bond acceptors (Lipinski definition) is 2. The molecule has 0 aromatic heterocycles. The van der Waals surface area contributed by atoms with Gasteiger partial charge in [0.15, 0.2) is 0 Å². The summed E-state index contributed by atoms with van der Waals surface area (Å²) in [4.78, 5) is 6.86. The van der Waals surface area contributed by atoms with Crippen molar-refractivity contribution in [2.75, 3.05) is 13.1 Å². The molecule has 1 aromatic rings. The van der Waals surface area contributed by atoms with Crippen molar-refractivity contribution in [3.05, 3.63) is 54.2 Å². The number of nitrogens with zero attached hydrogens (tertiary/aromatic N) is 2. The van der Waals surface area contributed by atoms with Gasteiger partial charge in [-0.1, -0.05) is 36.4 Å². The minimum absolute atomic E-state index is 0.901. The van der Waals surface area contributed by atoms with Crippen molar-refractivity contribution in [2.24, 2.45) is 4.99 Å². The Balaban J connectivity index is 2.23. The van der Waals surface area contributed by atoms with E-state index in [1.54, 1.807) is 0 Å². The summed E-state index contributed by atoms with van der Waals surface area (Å²) in [7, 11) is 0. The molecule has 0 aliphatic carbocycles. The third-order valence-electron chi connectivity index (χ3n) is 3.23. The molecule has 2 heteroatoms. The van der Waals surface area contributed by atoms with Crippen LogP contribution in [0, 0.1) is 0 Å². The normalized spacial score (nSPS) is 14.8. The summed E-state index contributed by atoms with van der Waals surface area (Å²) in [5.41, 5.74) is 2.61. The summed E-state index contributed by atoms with van der Waals surface area (Å²) in [5.74, 6) is 1.16. The highest BCUT2D eigenvalue weighted by Gasteiger charge is 2.12. The maximum atomic E-state index is 4.55. The molecule has 1 aliphatic heterocycles. The Morgan fingerprint density at radius 3 is 2.50 bits per heavy atom. The first kappa shape index (κ1) is 12.6. The molecule has 2 rings (SSSR count). The van der Waals surface area contributed by atoms with Crippen molar-refractivity contribution < 1.29 is 0 Å². The summed E-state index contributed by atoms with van der Waals surface area (Å²) >= 11 is 0. The van der Waals surface area contributed by atoms with Gasteiger partial charge < -0.3 is 4.90 Å². The zero-order valence-electron chi connectivity index (χ0n) is 11.1. The van der Waals surface area contributed by atoms with Gasteiger partial charge >= 0.3 is 0 Å². The summed E-state index contributed by atoms with van der Waals surface area (Å²) in [5, 5.41) is 0. The Bertz CT molecular complexity index is 465. The summed E-state index contributed by atoms with van der Waals surface area (Å²) < 4.78 is 0. The molecule has 94 valence electrons. The van der Waals surface area contributed by atoms with Crippen LogP contribution in [0.1, 0.15) is 25.8 Å². The highest BCUT2D eigenvalue weighted by molar-refractivity contribution is 5.94. The predicted octanol–water partition coefficient (Wildman–Crippen LogP) is 3.73. The molecule has 0 saturated carbocycles. The van der Waals surface area contributed by atoms with Gasteiger partial charge in [0.25, 0.3) is 0 Å². The van der Waals surface area contributed by atoms with E-state index in [-0.39, 0.29) is 0 Å². The van der Waals surface area contributed by atoms with E-state index in [9.17, 15) is 0 Å². The molecule has 0 spiro atoms. The van der Waals surface area contributed by atoms with E-state index in [0.29, 0.717) is 0 Å². The standard InChI is InChI=1S/C16H20N2/c1-3-18(4-2)16-13-15(11-8-12-17-16)14-9-6-5-7-10-14/h5-12H,3-4,13H2,1-2H3. The lowest BCUT2D eigenvalue weighted by Crippen LogP contribution is -2.30. The van der Waals surface area contributed by atoms with Crippen LogP contribution in [0.4, 0.5) is 0 Å². The average Bonchev–Trinajstić information content (AvgIpc) is 2.67. The smallest absolute Gasteiger partial charge is 0.108 e. The van der Waals surface area contributed by atoms with E-state index in [2.05, 4.69) is 60.1 Å².